The van der Waals surface area contributed by atoms with E-state index < -0.39 is 18.3 Å². The number of carbonyl (C=O) groups is 2. The summed E-state index contributed by atoms with van der Waals surface area (Å²) in [6, 6.07) is 5.92. The van der Waals surface area contributed by atoms with Gasteiger partial charge in [-0.05, 0) is 69.9 Å². The lowest BCUT2D eigenvalue weighted by Gasteiger charge is -2.32. The Morgan fingerprint density at radius 1 is 1.32 bits per heavy atom. The number of piperidine rings is 1. The molecule has 3 atom stereocenters. The van der Waals surface area contributed by atoms with Crippen LogP contribution in [-0.4, -0.2) is 72.0 Å². The average molecular weight is 391 g/mol. The van der Waals surface area contributed by atoms with Gasteiger partial charge in [-0.25, -0.2) is 4.79 Å². The molecular weight excluding hydrogens is 362 g/mol. The molecule has 0 spiro atoms. The number of carbonyl (C=O) groups excluding carboxylic acids is 1. The fraction of sp³-hybridized carbons (Fsp3) is 0.600. The minimum atomic E-state index is -1.03. The normalized spacial score (nSPS) is 24.8. The summed E-state index contributed by atoms with van der Waals surface area (Å²) in [6.07, 6.45) is 1.41. The molecule has 2 aliphatic rings. The van der Waals surface area contributed by atoms with E-state index in [0.717, 1.165) is 31.5 Å². The largest absolute Gasteiger partial charge is 0.480 e. The third-order valence-electron chi connectivity index (χ3n) is 5.58. The minimum absolute atomic E-state index is 0.174. The molecule has 3 rings (SSSR count). The standard InChI is InChI=1S/C20H29N3O5/c1-13-19(27-16-5-3-14(4-6-16)11-17(21)18(24)25)28-20(26)23(13)12-15-7-9-22(2)10-8-15/h3-6,13,15,17,19H,7-12,21H2,1-2H3,(H,24,25). The molecule has 8 heteroatoms. The van der Waals surface area contributed by atoms with Crippen LogP contribution in [0, 0.1) is 5.92 Å². The zero-order valence-corrected chi connectivity index (χ0v) is 16.4. The molecule has 1 amide bonds. The Labute approximate surface area is 165 Å². The number of amides is 1. The topological polar surface area (TPSA) is 105 Å². The predicted molar refractivity (Wildman–Crippen MR) is 103 cm³/mol. The van der Waals surface area contributed by atoms with Crippen molar-refractivity contribution in [2.24, 2.45) is 11.7 Å². The number of hydrogen-bond acceptors (Lipinski definition) is 6. The van der Waals surface area contributed by atoms with Gasteiger partial charge in [0.25, 0.3) is 6.29 Å². The molecule has 154 valence electrons. The van der Waals surface area contributed by atoms with Crippen molar-refractivity contribution in [1.29, 1.82) is 0 Å². The van der Waals surface area contributed by atoms with Crippen LogP contribution in [0.3, 0.4) is 0 Å². The van der Waals surface area contributed by atoms with E-state index in [9.17, 15) is 9.59 Å². The molecule has 2 fully saturated rings. The van der Waals surface area contributed by atoms with E-state index in [1.54, 1.807) is 29.2 Å². The second-order valence-corrected chi connectivity index (χ2v) is 7.80. The first-order valence-electron chi connectivity index (χ1n) is 9.73. The SMILES string of the molecule is CC1C(Oc2ccc(CC(N)C(=O)O)cc2)OC(=O)N1CC1CCN(C)CC1. The van der Waals surface area contributed by atoms with Gasteiger partial charge in [-0.3, -0.25) is 9.69 Å². The first-order chi connectivity index (χ1) is 13.3. The molecule has 0 aromatic heterocycles. The van der Waals surface area contributed by atoms with Crippen LogP contribution in [0.2, 0.25) is 0 Å². The van der Waals surface area contributed by atoms with Crippen LogP contribution in [0.15, 0.2) is 24.3 Å². The van der Waals surface area contributed by atoms with E-state index in [-0.39, 0.29) is 18.6 Å². The number of aliphatic carboxylic acids is 1. The van der Waals surface area contributed by atoms with E-state index in [1.165, 1.54) is 0 Å². The maximum atomic E-state index is 12.3. The molecular formula is C20H29N3O5. The van der Waals surface area contributed by atoms with E-state index in [0.29, 0.717) is 18.2 Å². The number of nitrogens with zero attached hydrogens (tertiary/aromatic N) is 2. The number of carboxylic acid groups (broad SMARTS) is 1. The highest BCUT2D eigenvalue weighted by Crippen LogP contribution is 2.27. The van der Waals surface area contributed by atoms with Gasteiger partial charge in [-0.15, -0.1) is 0 Å². The van der Waals surface area contributed by atoms with E-state index in [4.69, 9.17) is 20.3 Å². The van der Waals surface area contributed by atoms with Crippen molar-refractivity contribution in [1.82, 2.24) is 9.80 Å². The smallest absolute Gasteiger partial charge is 0.413 e. The summed E-state index contributed by atoms with van der Waals surface area (Å²) in [5.41, 5.74) is 6.36. The van der Waals surface area contributed by atoms with Crippen LogP contribution in [0.25, 0.3) is 0 Å². The molecule has 2 aliphatic heterocycles. The van der Waals surface area contributed by atoms with Crippen LogP contribution >= 0.6 is 0 Å². The third kappa shape index (κ3) is 4.94. The highest BCUT2D eigenvalue weighted by Gasteiger charge is 2.41. The number of hydrogen-bond donors (Lipinski definition) is 2. The molecule has 2 heterocycles. The zero-order valence-electron chi connectivity index (χ0n) is 16.4. The van der Waals surface area contributed by atoms with Crippen molar-refractivity contribution in [2.45, 2.75) is 44.6 Å². The summed E-state index contributed by atoms with van der Waals surface area (Å²) in [6.45, 7) is 4.74. The van der Waals surface area contributed by atoms with Crippen LogP contribution in [-0.2, 0) is 16.0 Å². The van der Waals surface area contributed by atoms with Crippen molar-refractivity contribution in [3.8, 4) is 5.75 Å². The molecule has 3 unspecified atom stereocenters. The number of rotatable bonds is 7. The molecule has 0 aliphatic carbocycles. The van der Waals surface area contributed by atoms with Crippen molar-refractivity contribution in [3.63, 3.8) is 0 Å². The number of likely N-dealkylation sites (tertiary alicyclic amines) is 1. The van der Waals surface area contributed by atoms with E-state index in [1.807, 2.05) is 6.92 Å². The molecule has 0 saturated carbocycles. The van der Waals surface area contributed by atoms with Gasteiger partial charge < -0.3 is 25.2 Å². The Hall–Kier alpha value is -2.32. The lowest BCUT2D eigenvalue weighted by molar-refractivity contribution is -0.138. The van der Waals surface area contributed by atoms with Gasteiger partial charge in [0.05, 0.1) is 0 Å². The van der Waals surface area contributed by atoms with Crippen molar-refractivity contribution >= 4 is 12.1 Å². The van der Waals surface area contributed by atoms with Gasteiger partial charge in [0.15, 0.2) is 0 Å². The van der Waals surface area contributed by atoms with Crippen LogP contribution in [0.1, 0.15) is 25.3 Å². The molecule has 0 radical (unpaired) electrons. The van der Waals surface area contributed by atoms with Crippen molar-refractivity contribution in [2.75, 3.05) is 26.7 Å². The molecule has 1 aromatic rings. The van der Waals surface area contributed by atoms with E-state index >= 15 is 0 Å². The number of ether oxygens (including phenoxy) is 2. The maximum absolute atomic E-state index is 12.3. The maximum Gasteiger partial charge on any atom is 0.413 e. The van der Waals surface area contributed by atoms with Gasteiger partial charge in [0.2, 0.25) is 0 Å². The Balaban J connectivity index is 1.54. The number of benzene rings is 1. The van der Waals surface area contributed by atoms with E-state index in [2.05, 4.69) is 11.9 Å². The Bertz CT molecular complexity index is 688. The highest BCUT2D eigenvalue weighted by molar-refractivity contribution is 5.73. The van der Waals surface area contributed by atoms with Gasteiger partial charge in [0, 0.05) is 6.54 Å². The molecule has 1 aromatic carbocycles. The highest BCUT2D eigenvalue weighted by atomic mass is 16.7. The predicted octanol–water partition coefficient (Wildman–Crippen LogP) is 1.53. The van der Waals surface area contributed by atoms with Gasteiger partial charge >= 0.3 is 12.1 Å². The van der Waals surface area contributed by atoms with Crippen LogP contribution < -0.4 is 10.5 Å². The monoisotopic (exact) mass is 391 g/mol. The molecule has 3 N–H and O–H groups in total. The fourth-order valence-electron chi connectivity index (χ4n) is 3.64. The van der Waals surface area contributed by atoms with Gasteiger partial charge in [-0.2, -0.15) is 0 Å². The van der Waals surface area contributed by atoms with Gasteiger partial charge in [0.1, 0.15) is 17.8 Å². The summed E-state index contributed by atoms with van der Waals surface area (Å²) in [4.78, 5) is 27.2. The van der Waals surface area contributed by atoms with Crippen molar-refractivity contribution < 1.29 is 24.2 Å². The fourth-order valence-corrected chi connectivity index (χ4v) is 3.64. The van der Waals surface area contributed by atoms with Crippen LogP contribution in [0.4, 0.5) is 4.79 Å². The van der Waals surface area contributed by atoms with Gasteiger partial charge in [-0.1, -0.05) is 12.1 Å². The second kappa shape index (κ2) is 8.79. The lowest BCUT2D eigenvalue weighted by atomic mass is 9.96. The summed E-state index contributed by atoms with van der Waals surface area (Å²) in [5.74, 6) is 0.0258. The number of carboxylic acids is 1. The number of nitrogens with two attached hydrogens (primary N) is 1. The zero-order chi connectivity index (χ0) is 20.3. The summed E-state index contributed by atoms with van der Waals surface area (Å²) in [5, 5.41) is 8.89. The second-order valence-electron chi connectivity index (χ2n) is 7.80. The third-order valence-corrected chi connectivity index (χ3v) is 5.58. The molecule has 0 bridgehead atoms. The summed E-state index contributed by atoms with van der Waals surface area (Å²) >= 11 is 0. The summed E-state index contributed by atoms with van der Waals surface area (Å²) < 4.78 is 11.3. The molecule has 28 heavy (non-hydrogen) atoms. The van der Waals surface area contributed by atoms with Crippen LogP contribution in [0.5, 0.6) is 5.75 Å². The Kier molecular flexibility index (Phi) is 6.41. The minimum Gasteiger partial charge on any atom is -0.480 e. The summed E-state index contributed by atoms with van der Waals surface area (Å²) in [7, 11) is 2.12. The molecule has 8 nitrogen and oxygen atoms in total. The average Bonchev–Trinajstić information content (AvgIpc) is 2.92. The quantitative estimate of drug-likeness (QED) is 0.726. The number of cyclic esters (lactones) is 1. The Morgan fingerprint density at radius 2 is 1.96 bits per heavy atom. The molecule has 2 saturated heterocycles. The Morgan fingerprint density at radius 3 is 2.57 bits per heavy atom. The first kappa shape index (κ1) is 20.4. The van der Waals surface area contributed by atoms with Crippen molar-refractivity contribution in [3.05, 3.63) is 29.8 Å². The first-order valence-corrected chi connectivity index (χ1v) is 9.73. The lowest BCUT2D eigenvalue weighted by Crippen LogP contribution is -2.42.